The number of para-hydroxylation sites is 1. The van der Waals surface area contributed by atoms with Crippen molar-refractivity contribution in [2.45, 2.75) is 45.1 Å². The van der Waals surface area contributed by atoms with Crippen molar-refractivity contribution in [3.63, 3.8) is 0 Å². The van der Waals surface area contributed by atoms with Crippen LogP contribution in [-0.4, -0.2) is 11.9 Å². The molecule has 2 saturated carbocycles. The molecule has 0 N–H and O–H groups in total. The number of carbonyl (C=O) groups excluding carboxylic acids is 1. The summed E-state index contributed by atoms with van der Waals surface area (Å²) in [5, 5.41) is 0. The Labute approximate surface area is 108 Å². The van der Waals surface area contributed by atoms with Gasteiger partial charge in [0.15, 0.2) is 0 Å². The molecule has 2 aliphatic carbocycles. The summed E-state index contributed by atoms with van der Waals surface area (Å²) in [5.74, 6) is 1.43. The number of rotatable bonds is 2. The standard InChI is InChI=1S/C16H20O2/c1-16-10-5-8-13(17)15(16)14(9-11-16)18-12-6-3-2-4-7-12/h2-4,6-7,14-15H,5,8-11H2,1H3/t14?,15-,16+/m1/s1. The molecule has 1 aromatic rings. The molecule has 0 radical (unpaired) electrons. The third-order valence-corrected chi connectivity index (χ3v) is 4.67. The first-order valence-electron chi connectivity index (χ1n) is 6.93. The summed E-state index contributed by atoms with van der Waals surface area (Å²) in [5.41, 5.74) is 0.189. The topological polar surface area (TPSA) is 26.3 Å². The van der Waals surface area contributed by atoms with Crippen LogP contribution < -0.4 is 4.74 Å². The molecule has 0 saturated heterocycles. The van der Waals surface area contributed by atoms with Gasteiger partial charge in [-0.3, -0.25) is 4.79 Å². The van der Waals surface area contributed by atoms with Gasteiger partial charge in [0.05, 0.1) is 5.92 Å². The maximum Gasteiger partial charge on any atom is 0.140 e. The Morgan fingerprint density at radius 1 is 1.22 bits per heavy atom. The first-order chi connectivity index (χ1) is 8.69. The van der Waals surface area contributed by atoms with Gasteiger partial charge in [0.1, 0.15) is 17.6 Å². The first-order valence-corrected chi connectivity index (χ1v) is 6.93. The Morgan fingerprint density at radius 2 is 2.00 bits per heavy atom. The normalized spacial score (nSPS) is 35.3. The third-order valence-electron chi connectivity index (χ3n) is 4.67. The van der Waals surface area contributed by atoms with Gasteiger partial charge in [-0.25, -0.2) is 0 Å². The van der Waals surface area contributed by atoms with Crippen LogP contribution >= 0.6 is 0 Å². The fourth-order valence-corrected chi connectivity index (χ4v) is 3.74. The highest BCUT2D eigenvalue weighted by atomic mass is 16.5. The van der Waals surface area contributed by atoms with Gasteiger partial charge in [0.2, 0.25) is 0 Å². The Kier molecular flexibility index (Phi) is 2.89. The summed E-state index contributed by atoms with van der Waals surface area (Å²) >= 11 is 0. The van der Waals surface area contributed by atoms with Crippen LogP contribution in [0.2, 0.25) is 0 Å². The van der Waals surface area contributed by atoms with Crippen LogP contribution in [0.25, 0.3) is 0 Å². The molecule has 0 aromatic heterocycles. The molecule has 3 rings (SSSR count). The number of Topliss-reactive ketones (excluding diaryl/α,β-unsaturated/α-hetero) is 1. The highest BCUT2D eigenvalue weighted by Gasteiger charge is 2.51. The zero-order chi connectivity index (χ0) is 12.6. The molecule has 2 aliphatic rings. The molecule has 2 fully saturated rings. The summed E-state index contributed by atoms with van der Waals surface area (Å²) < 4.78 is 6.06. The zero-order valence-corrected chi connectivity index (χ0v) is 10.9. The molecule has 3 atom stereocenters. The molecule has 96 valence electrons. The number of ether oxygens (including phenoxy) is 1. The molecular formula is C16H20O2. The van der Waals surface area contributed by atoms with E-state index in [0.29, 0.717) is 5.78 Å². The van der Waals surface area contributed by atoms with E-state index in [-0.39, 0.29) is 17.4 Å². The van der Waals surface area contributed by atoms with Crippen molar-refractivity contribution in [2.75, 3.05) is 0 Å². The molecule has 1 aromatic carbocycles. The van der Waals surface area contributed by atoms with E-state index in [1.165, 1.54) is 6.42 Å². The minimum Gasteiger partial charge on any atom is -0.490 e. The van der Waals surface area contributed by atoms with Gasteiger partial charge in [0.25, 0.3) is 0 Å². The number of fused-ring (bicyclic) bond motifs is 1. The zero-order valence-electron chi connectivity index (χ0n) is 10.9. The highest BCUT2D eigenvalue weighted by Crippen LogP contribution is 2.51. The quantitative estimate of drug-likeness (QED) is 0.794. The van der Waals surface area contributed by atoms with E-state index in [1.54, 1.807) is 0 Å². The first kappa shape index (κ1) is 11.8. The summed E-state index contributed by atoms with van der Waals surface area (Å²) in [7, 11) is 0. The van der Waals surface area contributed by atoms with E-state index in [0.717, 1.165) is 31.4 Å². The molecule has 0 bridgehead atoms. The SMILES string of the molecule is C[C@@]12CCCC(=O)[C@@H]1C(Oc1ccccc1)CC2. The Bertz CT molecular complexity index is 440. The molecule has 1 unspecified atom stereocenters. The number of hydrogen-bond donors (Lipinski definition) is 0. The number of hydrogen-bond acceptors (Lipinski definition) is 2. The average molecular weight is 244 g/mol. The van der Waals surface area contributed by atoms with Gasteiger partial charge in [0, 0.05) is 6.42 Å². The number of ketones is 1. The second-order valence-electron chi connectivity index (χ2n) is 5.96. The van der Waals surface area contributed by atoms with Gasteiger partial charge in [-0.15, -0.1) is 0 Å². The molecule has 0 heterocycles. The predicted molar refractivity (Wildman–Crippen MR) is 70.5 cm³/mol. The second-order valence-corrected chi connectivity index (χ2v) is 5.96. The largest absolute Gasteiger partial charge is 0.490 e. The molecule has 2 heteroatoms. The third kappa shape index (κ3) is 1.94. The molecule has 2 nitrogen and oxygen atoms in total. The summed E-state index contributed by atoms with van der Waals surface area (Å²) in [4.78, 5) is 12.2. The Balaban J connectivity index is 1.80. The van der Waals surface area contributed by atoms with Crippen LogP contribution in [0.4, 0.5) is 0 Å². The molecule has 18 heavy (non-hydrogen) atoms. The van der Waals surface area contributed by atoms with Crippen molar-refractivity contribution in [3.8, 4) is 5.75 Å². The molecule has 0 aliphatic heterocycles. The fraction of sp³-hybridized carbons (Fsp3) is 0.562. The molecule has 0 amide bonds. The second kappa shape index (κ2) is 4.42. The van der Waals surface area contributed by atoms with Crippen molar-refractivity contribution in [1.29, 1.82) is 0 Å². The monoisotopic (exact) mass is 244 g/mol. The molecular weight excluding hydrogens is 224 g/mol. The summed E-state index contributed by atoms with van der Waals surface area (Å²) in [6.07, 6.45) is 5.21. The lowest BCUT2D eigenvalue weighted by atomic mass is 9.68. The molecule has 0 spiro atoms. The maximum atomic E-state index is 12.2. The van der Waals surface area contributed by atoms with Gasteiger partial charge >= 0.3 is 0 Å². The van der Waals surface area contributed by atoms with E-state index in [4.69, 9.17) is 4.74 Å². The van der Waals surface area contributed by atoms with Crippen LogP contribution in [0, 0.1) is 11.3 Å². The van der Waals surface area contributed by atoms with Gasteiger partial charge in [-0.2, -0.15) is 0 Å². The fourth-order valence-electron chi connectivity index (χ4n) is 3.74. The van der Waals surface area contributed by atoms with Crippen LogP contribution in [0.5, 0.6) is 5.75 Å². The van der Waals surface area contributed by atoms with Crippen LogP contribution in [-0.2, 0) is 4.79 Å². The van der Waals surface area contributed by atoms with Crippen molar-refractivity contribution < 1.29 is 9.53 Å². The van der Waals surface area contributed by atoms with Crippen LogP contribution in [0.1, 0.15) is 39.0 Å². The Hall–Kier alpha value is -1.31. The van der Waals surface area contributed by atoms with E-state index in [2.05, 4.69) is 6.92 Å². The van der Waals surface area contributed by atoms with Crippen LogP contribution in [0.15, 0.2) is 30.3 Å². The van der Waals surface area contributed by atoms with Crippen molar-refractivity contribution in [2.24, 2.45) is 11.3 Å². The minimum absolute atomic E-state index is 0.0881. The summed E-state index contributed by atoms with van der Waals surface area (Å²) in [6.45, 7) is 2.27. The lowest BCUT2D eigenvalue weighted by Gasteiger charge is -2.36. The highest BCUT2D eigenvalue weighted by molar-refractivity contribution is 5.83. The van der Waals surface area contributed by atoms with Gasteiger partial charge in [-0.05, 0) is 43.2 Å². The lowest BCUT2D eigenvalue weighted by molar-refractivity contribution is -0.131. The van der Waals surface area contributed by atoms with E-state index in [1.807, 2.05) is 30.3 Å². The van der Waals surface area contributed by atoms with Crippen molar-refractivity contribution in [3.05, 3.63) is 30.3 Å². The van der Waals surface area contributed by atoms with Gasteiger partial charge < -0.3 is 4.74 Å². The van der Waals surface area contributed by atoms with E-state index < -0.39 is 0 Å². The lowest BCUT2D eigenvalue weighted by Crippen LogP contribution is -2.40. The predicted octanol–water partition coefficient (Wildman–Crippen LogP) is 3.60. The van der Waals surface area contributed by atoms with Crippen molar-refractivity contribution in [1.82, 2.24) is 0 Å². The summed E-state index contributed by atoms with van der Waals surface area (Å²) in [6, 6.07) is 9.89. The Morgan fingerprint density at radius 3 is 2.78 bits per heavy atom. The number of carbonyl (C=O) groups is 1. The van der Waals surface area contributed by atoms with Gasteiger partial charge in [-0.1, -0.05) is 25.1 Å². The van der Waals surface area contributed by atoms with Crippen LogP contribution in [0.3, 0.4) is 0 Å². The van der Waals surface area contributed by atoms with E-state index >= 15 is 0 Å². The average Bonchev–Trinajstić information content (AvgIpc) is 2.69. The number of benzene rings is 1. The smallest absolute Gasteiger partial charge is 0.140 e. The maximum absolute atomic E-state index is 12.2. The minimum atomic E-state index is 0.0881. The van der Waals surface area contributed by atoms with Crippen molar-refractivity contribution >= 4 is 5.78 Å². The van der Waals surface area contributed by atoms with E-state index in [9.17, 15) is 4.79 Å².